The molecule has 0 spiro atoms. The van der Waals surface area contributed by atoms with Gasteiger partial charge in [-0.2, -0.15) is 5.26 Å². The number of benzene rings is 1. The highest BCUT2D eigenvalue weighted by molar-refractivity contribution is 9.10. The lowest BCUT2D eigenvalue weighted by atomic mass is 9.95. The van der Waals surface area contributed by atoms with Crippen LogP contribution in [0, 0.1) is 11.3 Å². The molecule has 0 saturated carbocycles. The summed E-state index contributed by atoms with van der Waals surface area (Å²) in [5.74, 6) is 1.52. The molecule has 0 radical (unpaired) electrons. The van der Waals surface area contributed by atoms with Crippen molar-refractivity contribution < 1.29 is 0 Å². The van der Waals surface area contributed by atoms with Crippen LogP contribution in [0.5, 0.6) is 0 Å². The third-order valence-corrected chi connectivity index (χ3v) is 5.08. The van der Waals surface area contributed by atoms with Crippen LogP contribution < -0.4 is 4.90 Å². The number of hydrogen-bond donors (Lipinski definition) is 0. The van der Waals surface area contributed by atoms with Gasteiger partial charge in [0.15, 0.2) is 0 Å². The Bertz CT molecular complexity index is 723. The molecule has 23 heavy (non-hydrogen) atoms. The van der Waals surface area contributed by atoms with Crippen LogP contribution in [-0.4, -0.2) is 27.9 Å². The zero-order valence-corrected chi connectivity index (χ0v) is 15.0. The van der Waals surface area contributed by atoms with E-state index in [1.165, 1.54) is 0 Å². The third kappa shape index (κ3) is 3.11. The molecule has 1 aliphatic rings. The Kier molecular flexibility index (Phi) is 4.67. The molecule has 5 nitrogen and oxygen atoms in total. The molecule has 1 fully saturated rings. The van der Waals surface area contributed by atoms with Gasteiger partial charge in [-0.15, -0.1) is 10.2 Å². The van der Waals surface area contributed by atoms with Crippen molar-refractivity contribution in [3.8, 4) is 6.07 Å². The number of halogens is 1. The van der Waals surface area contributed by atoms with E-state index in [1.807, 2.05) is 24.5 Å². The van der Waals surface area contributed by atoms with Gasteiger partial charge in [0.25, 0.3) is 0 Å². The highest BCUT2D eigenvalue weighted by atomic mass is 79.9. The number of piperidine rings is 1. The van der Waals surface area contributed by atoms with Crippen LogP contribution >= 0.6 is 15.9 Å². The summed E-state index contributed by atoms with van der Waals surface area (Å²) >= 11 is 3.59. The van der Waals surface area contributed by atoms with Crippen molar-refractivity contribution in [2.75, 3.05) is 18.0 Å². The van der Waals surface area contributed by atoms with E-state index in [0.717, 1.165) is 47.5 Å². The highest BCUT2D eigenvalue weighted by Crippen LogP contribution is 2.35. The summed E-state index contributed by atoms with van der Waals surface area (Å²) in [4.78, 5) is 2.30. The van der Waals surface area contributed by atoms with E-state index in [4.69, 9.17) is 0 Å². The third-order valence-electron chi connectivity index (χ3n) is 4.44. The molecule has 3 rings (SSSR count). The average molecular weight is 374 g/mol. The zero-order valence-electron chi connectivity index (χ0n) is 13.4. The monoisotopic (exact) mass is 373 g/mol. The number of hydrogen-bond acceptors (Lipinski definition) is 4. The van der Waals surface area contributed by atoms with E-state index in [9.17, 15) is 5.26 Å². The number of anilines is 1. The SMILES string of the molecule is CC(C)n1cnnc1C1CCN(c2c(Br)cccc2C#N)CC1. The summed E-state index contributed by atoms with van der Waals surface area (Å²) in [5.41, 5.74) is 1.74. The predicted octanol–water partition coefficient (Wildman–Crippen LogP) is 3.88. The highest BCUT2D eigenvalue weighted by Gasteiger charge is 2.27. The van der Waals surface area contributed by atoms with Crippen molar-refractivity contribution in [3.63, 3.8) is 0 Å². The smallest absolute Gasteiger partial charge is 0.136 e. The van der Waals surface area contributed by atoms with E-state index >= 15 is 0 Å². The molecule has 0 amide bonds. The Hall–Kier alpha value is -1.87. The van der Waals surface area contributed by atoms with Gasteiger partial charge in [0.05, 0.1) is 11.3 Å². The molecule has 0 N–H and O–H groups in total. The van der Waals surface area contributed by atoms with Crippen molar-refractivity contribution in [1.82, 2.24) is 14.8 Å². The molecule has 0 aliphatic carbocycles. The molecule has 2 heterocycles. The molecule has 0 bridgehead atoms. The molecular weight excluding hydrogens is 354 g/mol. The lowest BCUT2D eigenvalue weighted by molar-refractivity contribution is 0.449. The zero-order chi connectivity index (χ0) is 16.4. The lowest BCUT2D eigenvalue weighted by Gasteiger charge is -2.34. The summed E-state index contributed by atoms with van der Waals surface area (Å²) in [7, 11) is 0. The lowest BCUT2D eigenvalue weighted by Crippen LogP contribution is -2.34. The largest absolute Gasteiger partial charge is 0.370 e. The Morgan fingerprint density at radius 3 is 2.70 bits per heavy atom. The summed E-state index contributed by atoms with van der Waals surface area (Å²) in [5, 5.41) is 17.8. The van der Waals surface area contributed by atoms with Gasteiger partial charge in [-0.05, 0) is 54.8 Å². The second kappa shape index (κ2) is 6.71. The number of nitrogens with zero attached hydrogens (tertiary/aromatic N) is 5. The fourth-order valence-corrected chi connectivity index (χ4v) is 3.85. The Morgan fingerprint density at radius 2 is 2.04 bits per heavy atom. The van der Waals surface area contributed by atoms with Crippen molar-refractivity contribution in [2.45, 2.75) is 38.6 Å². The summed E-state index contributed by atoms with van der Waals surface area (Å²) < 4.78 is 3.15. The minimum absolute atomic E-state index is 0.381. The second-order valence-electron chi connectivity index (χ2n) is 6.20. The maximum atomic E-state index is 9.35. The maximum absolute atomic E-state index is 9.35. The first-order valence-corrected chi connectivity index (χ1v) is 8.74. The Morgan fingerprint density at radius 1 is 1.30 bits per heavy atom. The maximum Gasteiger partial charge on any atom is 0.136 e. The van der Waals surface area contributed by atoms with Gasteiger partial charge in [0.2, 0.25) is 0 Å². The summed E-state index contributed by atoms with van der Waals surface area (Å²) in [6.07, 6.45) is 3.88. The van der Waals surface area contributed by atoms with Gasteiger partial charge in [-0.1, -0.05) is 6.07 Å². The fourth-order valence-electron chi connectivity index (χ4n) is 3.23. The molecule has 1 saturated heterocycles. The second-order valence-corrected chi connectivity index (χ2v) is 7.05. The average Bonchev–Trinajstić information content (AvgIpc) is 3.04. The van der Waals surface area contributed by atoms with E-state index in [2.05, 4.69) is 55.5 Å². The summed E-state index contributed by atoms with van der Waals surface area (Å²) in [6, 6.07) is 8.46. The number of para-hydroxylation sites is 1. The first kappa shape index (κ1) is 16.0. The molecule has 0 unspecified atom stereocenters. The van der Waals surface area contributed by atoms with Gasteiger partial charge in [-0.3, -0.25) is 0 Å². The van der Waals surface area contributed by atoms with E-state index in [0.29, 0.717) is 12.0 Å². The standard InChI is InChI=1S/C17H20BrN5/c1-12(2)23-11-20-21-17(23)13-6-8-22(9-7-13)16-14(10-19)4-3-5-15(16)18/h3-5,11-13H,6-9H2,1-2H3. The van der Waals surface area contributed by atoms with E-state index in [-0.39, 0.29) is 0 Å². The number of aromatic nitrogens is 3. The number of rotatable bonds is 3. The van der Waals surface area contributed by atoms with E-state index in [1.54, 1.807) is 0 Å². The fraction of sp³-hybridized carbons (Fsp3) is 0.471. The van der Waals surface area contributed by atoms with Crippen LogP contribution in [-0.2, 0) is 0 Å². The van der Waals surface area contributed by atoms with Crippen LogP contribution in [0.3, 0.4) is 0 Å². The van der Waals surface area contributed by atoms with Crippen LogP contribution in [0.25, 0.3) is 0 Å². The quantitative estimate of drug-likeness (QED) is 0.818. The molecule has 1 aromatic heterocycles. The molecule has 6 heteroatoms. The predicted molar refractivity (Wildman–Crippen MR) is 93.5 cm³/mol. The molecule has 1 aliphatic heterocycles. The van der Waals surface area contributed by atoms with E-state index < -0.39 is 0 Å². The van der Waals surface area contributed by atoms with Crippen LogP contribution in [0.15, 0.2) is 29.0 Å². The topological polar surface area (TPSA) is 57.7 Å². The van der Waals surface area contributed by atoms with Gasteiger partial charge < -0.3 is 9.47 Å². The minimum atomic E-state index is 0.381. The van der Waals surface area contributed by atoms with Gasteiger partial charge >= 0.3 is 0 Å². The van der Waals surface area contributed by atoms with Crippen LogP contribution in [0.2, 0.25) is 0 Å². The van der Waals surface area contributed by atoms with Gasteiger partial charge in [0, 0.05) is 29.5 Å². The van der Waals surface area contributed by atoms with Gasteiger partial charge in [0.1, 0.15) is 18.2 Å². The van der Waals surface area contributed by atoms with Crippen molar-refractivity contribution >= 4 is 21.6 Å². The molecular formula is C17H20BrN5. The normalized spacial score (nSPS) is 15.9. The Labute approximate surface area is 145 Å². The molecule has 0 atom stereocenters. The molecule has 120 valence electrons. The Balaban J connectivity index is 1.77. The molecule has 2 aromatic rings. The van der Waals surface area contributed by atoms with Crippen molar-refractivity contribution in [1.29, 1.82) is 5.26 Å². The van der Waals surface area contributed by atoms with Crippen molar-refractivity contribution in [2.24, 2.45) is 0 Å². The van der Waals surface area contributed by atoms with Crippen molar-refractivity contribution in [3.05, 3.63) is 40.4 Å². The first-order chi connectivity index (χ1) is 11.1. The van der Waals surface area contributed by atoms with Gasteiger partial charge in [-0.25, -0.2) is 0 Å². The molecule has 1 aromatic carbocycles. The van der Waals surface area contributed by atoms with Crippen LogP contribution in [0.4, 0.5) is 5.69 Å². The summed E-state index contributed by atoms with van der Waals surface area (Å²) in [6.45, 7) is 6.16. The van der Waals surface area contributed by atoms with Crippen LogP contribution in [0.1, 0.15) is 50.0 Å². The first-order valence-electron chi connectivity index (χ1n) is 7.94. The minimum Gasteiger partial charge on any atom is -0.370 e. The number of nitriles is 1.